The third kappa shape index (κ3) is 2.79. The van der Waals surface area contributed by atoms with Crippen molar-refractivity contribution in [1.29, 1.82) is 0 Å². The Morgan fingerprint density at radius 1 is 1.12 bits per heavy atom. The van der Waals surface area contributed by atoms with E-state index in [2.05, 4.69) is 5.32 Å². The Kier molecular flexibility index (Phi) is 3.97. The van der Waals surface area contributed by atoms with E-state index in [-0.39, 0.29) is 11.0 Å². The number of ether oxygens (including phenoxy) is 1. The van der Waals surface area contributed by atoms with Gasteiger partial charge in [-0.25, -0.2) is 16.8 Å². The number of nitrogens with one attached hydrogen (secondary N) is 1. The fourth-order valence-electron chi connectivity index (χ4n) is 3.10. The Morgan fingerprint density at radius 3 is 2.72 bits per heavy atom. The summed E-state index contributed by atoms with van der Waals surface area (Å²) in [6.45, 7) is 1.67. The van der Waals surface area contributed by atoms with E-state index in [0.29, 0.717) is 16.7 Å². The SMILES string of the molecule is O=S(=O)(c1ccccc1F)n1ccc2c(OC3CCNC3)cccc21. The van der Waals surface area contributed by atoms with Crippen LogP contribution in [0.4, 0.5) is 4.39 Å². The van der Waals surface area contributed by atoms with Crippen LogP contribution in [-0.2, 0) is 10.0 Å². The Hall–Kier alpha value is -2.38. The van der Waals surface area contributed by atoms with E-state index < -0.39 is 15.8 Å². The van der Waals surface area contributed by atoms with Crippen LogP contribution in [0.5, 0.6) is 5.75 Å². The van der Waals surface area contributed by atoms with E-state index in [1.165, 1.54) is 24.4 Å². The average molecular weight is 360 g/mol. The minimum Gasteiger partial charge on any atom is -0.488 e. The van der Waals surface area contributed by atoms with Crippen molar-refractivity contribution >= 4 is 20.9 Å². The zero-order valence-electron chi connectivity index (χ0n) is 13.4. The van der Waals surface area contributed by atoms with E-state index in [4.69, 9.17) is 4.74 Å². The number of hydrogen-bond donors (Lipinski definition) is 1. The summed E-state index contributed by atoms with van der Waals surface area (Å²) in [6.07, 6.45) is 2.41. The third-order valence-electron chi connectivity index (χ3n) is 4.34. The molecule has 1 aliphatic heterocycles. The Balaban J connectivity index is 1.80. The number of halogens is 1. The van der Waals surface area contributed by atoms with Gasteiger partial charge >= 0.3 is 0 Å². The monoisotopic (exact) mass is 360 g/mol. The minimum atomic E-state index is -4.02. The summed E-state index contributed by atoms with van der Waals surface area (Å²) in [5.41, 5.74) is 0.465. The van der Waals surface area contributed by atoms with Gasteiger partial charge in [0.05, 0.1) is 5.52 Å². The Morgan fingerprint density at radius 2 is 1.96 bits per heavy atom. The van der Waals surface area contributed by atoms with E-state index in [9.17, 15) is 12.8 Å². The first-order chi connectivity index (χ1) is 12.1. The molecule has 0 spiro atoms. The molecule has 2 aromatic carbocycles. The molecule has 0 amide bonds. The molecule has 0 bridgehead atoms. The summed E-state index contributed by atoms with van der Waals surface area (Å²) >= 11 is 0. The van der Waals surface area contributed by atoms with Crippen LogP contribution in [0.2, 0.25) is 0 Å². The second kappa shape index (κ2) is 6.16. The highest BCUT2D eigenvalue weighted by molar-refractivity contribution is 7.90. The highest BCUT2D eigenvalue weighted by Crippen LogP contribution is 2.31. The van der Waals surface area contributed by atoms with Crippen molar-refractivity contribution < 1.29 is 17.5 Å². The highest BCUT2D eigenvalue weighted by Gasteiger charge is 2.24. The average Bonchev–Trinajstić information content (AvgIpc) is 3.25. The van der Waals surface area contributed by atoms with Gasteiger partial charge in [-0.1, -0.05) is 18.2 Å². The molecule has 4 rings (SSSR count). The van der Waals surface area contributed by atoms with Gasteiger partial charge in [0.1, 0.15) is 22.6 Å². The van der Waals surface area contributed by atoms with E-state index in [0.717, 1.165) is 29.5 Å². The lowest BCUT2D eigenvalue weighted by molar-refractivity contribution is 0.226. The number of rotatable bonds is 4. The molecule has 1 fully saturated rings. The molecule has 0 radical (unpaired) electrons. The van der Waals surface area contributed by atoms with Crippen LogP contribution >= 0.6 is 0 Å². The minimum absolute atomic E-state index is 0.0668. The largest absolute Gasteiger partial charge is 0.488 e. The van der Waals surface area contributed by atoms with Crippen molar-refractivity contribution in [3.05, 3.63) is 60.5 Å². The van der Waals surface area contributed by atoms with Gasteiger partial charge in [-0.2, -0.15) is 0 Å². The standard InChI is InChI=1S/C18H17FN2O3S/c19-15-4-1-2-7-18(15)25(22,23)21-11-9-14-16(21)5-3-6-17(14)24-13-8-10-20-12-13/h1-7,9,11,13,20H,8,10,12H2. The molecule has 1 saturated heterocycles. The molecule has 1 N–H and O–H groups in total. The number of nitrogens with zero attached hydrogens (tertiary/aromatic N) is 1. The zero-order valence-corrected chi connectivity index (χ0v) is 14.2. The first kappa shape index (κ1) is 16.1. The molecule has 1 aliphatic rings. The third-order valence-corrected chi connectivity index (χ3v) is 6.06. The first-order valence-electron chi connectivity index (χ1n) is 8.05. The lowest BCUT2D eigenvalue weighted by atomic mass is 10.2. The van der Waals surface area contributed by atoms with Crippen LogP contribution in [0, 0.1) is 5.82 Å². The van der Waals surface area contributed by atoms with E-state index in [1.54, 1.807) is 18.2 Å². The second-order valence-electron chi connectivity index (χ2n) is 5.97. The number of hydrogen-bond acceptors (Lipinski definition) is 4. The van der Waals surface area contributed by atoms with Crippen LogP contribution in [0.1, 0.15) is 6.42 Å². The molecule has 0 saturated carbocycles. The molecule has 5 nitrogen and oxygen atoms in total. The lowest BCUT2D eigenvalue weighted by Gasteiger charge is -2.14. The second-order valence-corrected chi connectivity index (χ2v) is 7.75. The summed E-state index contributed by atoms with van der Waals surface area (Å²) in [4.78, 5) is -0.348. The fourth-order valence-corrected chi connectivity index (χ4v) is 4.51. The van der Waals surface area contributed by atoms with E-state index >= 15 is 0 Å². The van der Waals surface area contributed by atoms with Crippen molar-refractivity contribution in [2.24, 2.45) is 0 Å². The maximum absolute atomic E-state index is 14.0. The van der Waals surface area contributed by atoms with E-state index in [1.807, 2.05) is 6.07 Å². The topological polar surface area (TPSA) is 60.3 Å². The van der Waals surface area contributed by atoms with Gasteiger partial charge in [-0.05, 0) is 43.3 Å². The number of fused-ring (bicyclic) bond motifs is 1. The molecule has 3 aromatic rings. The number of aromatic nitrogens is 1. The van der Waals surface area contributed by atoms with Gasteiger partial charge in [-0.3, -0.25) is 0 Å². The molecule has 1 atom stereocenters. The smallest absolute Gasteiger partial charge is 0.271 e. The first-order valence-corrected chi connectivity index (χ1v) is 9.49. The molecule has 130 valence electrons. The molecular weight excluding hydrogens is 343 g/mol. The molecule has 2 heterocycles. The fraction of sp³-hybridized carbons (Fsp3) is 0.222. The van der Waals surface area contributed by atoms with Crippen molar-refractivity contribution in [3.8, 4) is 5.75 Å². The van der Waals surface area contributed by atoms with Gasteiger partial charge < -0.3 is 10.1 Å². The maximum atomic E-state index is 14.0. The number of benzene rings is 2. The van der Waals surface area contributed by atoms with Crippen LogP contribution in [-0.4, -0.2) is 31.6 Å². The van der Waals surface area contributed by atoms with Gasteiger partial charge in [-0.15, -0.1) is 0 Å². The van der Waals surface area contributed by atoms with Crippen molar-refractivity contribution in [1.82, 2.24) is 9.29 Å². The van der Waals surface area contributed by atoms with Gasteiger partial charge in [0.25, 0.3) is 10.0 Å². The van der Waals surface area contributed by atoms with Crippen molar-refractivity contribution in [2.75, 3.05) is 13.1 Å². The predicted octanol–water partition coefficient (Wildman–Crippen LogP) is 2.76. The molecule has 1 unspecified atom stereocenters. The highest BCUT2D eigenvalue weighted by atomic mass is 32.2. The van der Waals surface area contributed by atoms with Gasteiger partial charge in [0, 0.05) is 18.1 Å². The molecule has 25 heavy (non-hydrogen) atoms. The Bertz CT molecular complexity index is 1020. The summed E-state index contributed by atoms with van der Waals surface area (Å²) in [7, 11) is -4.02. The van der Waals surface area contributed by atoms with Crippen molar-refractivity contribution in [3.63, 3.8) is 0 Å². The molecule has 1 aromatic heterocycles. The summed E-state index contributed by atoms with van der Waals surface area (Å²) in [5, 5.41) is 3.92. The maximum Gasteiger partial charge on any atom is 0.271 e. The van der Waals surface area contributed by atoms with Crippen LogP contribution < -0.4 is 10.1 Å². The molecular formula is C18H17FN2O3S. The Labute approximate surface area is 145 Å². The summed E-state index contributed by atoms with van der Waals surface area (Å²) in [6, 6.07) is 12.3. The van der Waals surface area contributed by atoms with Crippen LogP contribution in [0.3, 0.4) is 0 Å². The summed E-state index contributed by atoms with van der Waals surface area (Å²) in [5.74, 6) is -0.137. The normalized spacial score (nSPS) is 17.9. The lowest BCUT2D eigenvalue weighted by Crippen LogP contribution is -2.19. The van der Waals surface area contributed by atoms with Gasteiger partial charge in [0.2, 0.25) is 0 Å². The van der Waals surface area contributed by atoms with Crippen LogP contribution in [0.15, 0.2) is 59.6 Å². The van der Waals surface area contributed by atoms with Crippen molar-refractivity contribution in [2.45, 2.75) is 17.4 Å². The summed E-state index contributed by atoms with van der Waals surface area (Å²) < 4.78 is 46.8. The van der Waals surface area contributed by atoms with Gasteiger partial charge in [0.15, 0.2) is 0 Å². The molecule has 7 heteroatoms. The van der Waals surface area contributed by atoms with Crippen LogP contribution in [0.25, 0.3) is 10.9 Å². The zero-order chi connectivity index (χ0) is 17.4. The quantitative estimate of drug-likeness (QED) is 0.777. The predicted molar refractivity (Wildman–Crippen MR) is 92.8 cm³/mol. The molecule has 0 aliphatic carbocycles.